The molecular formula is C10H20Br4O7P2. The van der Waals surface area contributed by atoms with E-state index in [4.69, 9.17) is 22.6 Å². The Morgan fingerprint density at radius 2 is 1.09 bits per heavy atom. The van der Waals surface area contributed by atoms with Crippen LogP contribution in [-0.4, -0.2) is 53.6 Å². The molecule has 0 bridgehead atoms. The molecule has 23 heavy (non-hydrogen) atoms. The Hall–Kier alpha value is 2.18. The van der Waals surface area contributed by atoms with E-state index in [0.29, 0.717) is 21.3 Å². The largest absolute Gasteiger partial charge is 0.475 e. The summed E-state index contributed by atoms with van der Waals surface area (Å²) in [6.45, 7) is 1.98. The lowest BCUT2D eigenvalue weighted by Crippen LogP contribution is -2.16. The fourth-order valence-electron chi connectivity index (χ4n) is 1.21. The van der Waals surface area contributed by atoms with Gasteiger partial charge in [0.2, 0.25) is 0 Å². The average Bonchev–Trinajstić information content (AvgIpc) is 2.54. The van der Waals surface area contributed by atoms with Crippen molar-refractivity contribution in [3.63, 3.8) is 0 Å². The zero-order valence-electron chi connectivity index (χ0n) is 12.5. The Morgan fingerprint density at radius 1 is 0.739 bits per heavy atom. The third-order valence-electron chi connectivity index (χ3n) is 2.08. The fraction of sp³-hybridized carbons (Fsp3) is 1.00. The molecule has 0 rings (SSSR count). The SMILES string of the molecule is CC(OP(=O)(OCCBr)OCCBr)P(=O)(OCCBr)OCCBr. The first kappa shape index (κ1) is 25.2. The molecule has 1 unspecified atom stereocenters. The maximum Gasteiger partial charge on any atom is 0.475 e. The molecule has 140 valence electrons. The lowest BCUT2D eigenvalue weighted by Gasteiger charge is -2.26. The zero-order valence-corrected chi connectivity index (χ0v) is 20.6. The van der Waals surface area contributed by atoms with Crippen molar-refractivity contribution < 1.29 is 31.7 Å². The lowest BCUT2D eigenvalue weighted by molar-refractivity contribution is 0.0969. The molecule has 0 saturated carbocycles. The average molecular weight is 634 g/mol. The van der Waals surface area contributed by atoms with Crippen molar-refractivity contribution in [2.24, 2.45) is 0 Å². The Morgan fingerprint density at radius 3 is 1.43 bits per heavy atom. The molecule has 0 N–H and O–H groups in total. The molecular weight excluding hydrogens is 614 g/mol. The van der Waals surface area contributed by atoms with E-state index in [1.165, 1.54) is 6.92 Å². The number of halogens is 4. The number of phosphoric acid groups is 1. The van der Waals surface area contributed by atoms with Gasteiger partial charge >= 0.3 is 15.4 Å². The molecule has 0 aliphatic rings. The Bertz CT molecular complexity index is 377. The number of hydrogen-bond acceptors (Lipinski definition) is 7. The van der Waals surface area contributed by atoms with Crippen molar-refractivity contribution in [2.75, 3.05) is 47.7 Å². The minimum atomic E-state index is -3.88. The van der Waals surface area contributed by atoms with Gasteiger partial charge in [-0.05, 0) is 6.92 Å². The van der Waals surface area contributed by atoms with E-state index < -0.39 is 21.3 Å². The predicted octanol–water partition coefficient (Wildman–Crippen LogP) is 5.30. The van der Waals surface area contributed by atoms with Crippen molar-refractivity contribution in [1.82, 2.24) is 0 Å². The minimum absolute atomic E-state index is 0.112. The summed E-state index contributed by atoms with van der Waals surface area (Å²) < 4.78 is 51.6. The van der Waals surface area contributed by atoms with Crippen LogP contribution in [0.3, 0.4) is 0 Å². The Labute approximate surface area is 170 Å². The summed E-state index contributed by atoms with van der Waals surface area (Å²) in [6, 6.07) is 0. The first-order chi connectivity index (χ1) is 10.9. The van der Waals surface area contributed by atoms with E-state index in [1.54, 1.807) is 0 Å². The van der Waals surface area contributed by atoms with E-state index in [2.05, 4.69) is 63.7 Å². The van der Waals surface area contributed by atoms with Gasteiger partial charge in [-0.3, -0.25) is 18.1 Å². The molecule has 0 heterocycles. The quantitative estimate of drug-likeness (QED) is 0.179. The normalized spacial score (nSPS) is 14.1. The molecule has 0 spiro atoms. The van der Waals surface area contributed by atoms with Crippen molar-refractivity contribution in [3.8, 4) is 0 Å². The zero-order chi connectivity index (χ0) is 17.8. The standard InChI is InChI=1S/C10H20Br4O7P2/c1-10(22(15,17-6-2-11)18-7-3-12)21-23(16,19-8-4-13)20-9-5-14/h10H,2-9H2,1H3. The van der Waals surface area contributed by atoms with Crippen molar-refractivity contribution >= 4 is 79.1 Å². The first-order valence-electron chi connectivity index (χ1n) is 6.57. The van der Waals surface area contributed by atoms with Gasteiger partial charge in [0.1, 0.15) is 0 Å². The highest BCUT2D eigenvalue weighted by Crippen LogP contribution is 2.61. The van der Waals surface area contributed by atoms with Crippen molar-refractivity contribution in [2.45, 2.75) is 12.8 Å². The number of phosphoric ester groups is 1. The van der Waals surface area contributed by atoms with Crippen molar-refractivity contribution in [3.05, 3.63) is 0 Å². The maximum atomic E-state index is 12.8. The lowest BCUT2D eigenvalue weighted by atomic mass is 10.9. The van der Waals surface area contributed by atoms with Gasteiger partial charge in [-0.1, -0.05) is 63.7 Å². The van der Waals surface area contributed by atoms with Gasteiger partial charge in [0.05, 0.1) is 26.4 Å². The van der Waals surface area contributed by atoms with Crippen LogP contribution in [0.15, 0.2) is 0 Å². The maximum absolute atomic E-state index is 12.8. The summed E-state index contributed by atoms with van der Waals surface area (Å²) in [6.07, 6.45) is 0. The van der Waals surface area contributed by atoms with Crippen LogP contribution < -0.4 is 0 Å². The second-order valence-corrected chi connectivity index (χ2v) is 10.9. The third-order valence-corrected chi connectivity index (χ3v) is 7.19. The van der Waals surface area contributed by atoms with Gasteiger partial charge in [0.25, 0.3) is 0 Å². The molecule has 7 nitrogen and oxygen atoms in total. The highest BCUT2D eigenvalue weighted by molar-refractivity contribution is 9.09. The van der Waals surface area contributed by atoms with E-state index in [9.17, 15) is 9.13 Å². The van der Waals surface area contributed by atoms with Gasteiger partial charge < -0.3 is 9.05 Å². The highest BCUT2D eigenvalue weighted by Gasteiger charge is 2.40. The van der Waals surface area contributed by atoms with Crippen LogP contribution in [0.5, 0.6) is 0 Å². The van der Waals surface area contributed by atoms with Gasteiger partial charge in [-0.25, -0.2) is 4.57 Å². The van der Waals surface area contributed by atoms with Crippen LogP contribution >= 0.6 is 79.1 Å². The molecule has 0 aliphatic carbocycles. The summed E-state index contributed by atoms with van der Waals surface area (Å²) in [5.41, 5.74) is 0. The van der Waals surface area contributed by atoms with Crippen LogP contribution in [0, 0.1) is 0 Å². The second-order valence-electron chi connectivity index (χ2n) is 3.78. The first-order valence-corrected chi connectivity index (χ1v) is 14.1. The molecule has 0 saturated heterocycles. The van der Waals surface area contributed by atoms with Crippen LogP contribution in [-0.2, 0) is 31.7 Å². The summed E-state index contributed by atoms with van der Waals surface area (Å²) in [5.74, 6) is -1.11. The van der Waals surface area contributed by atoms with Gasteiger partial charge in [-0.15, -0.1) is 0 Å². The van der Waals surface area contributed by atoms with E-state index in [1.807, 2.05) is 0 Å². The van der Waals surface area contributed by atoms with Crippen LogP contribution in [0.1, 0.15) is 6.92 Å². The van der Waals surface area contributed by atoms with E-state index in [-0.39, 0.29) is 26.4 Å². The van der Waals surface area contributed by atoms with Crippen LogP contribution in [0.25, 0.3) is 0 Å². The summed E-state index contributed by atoms with van der Waals surface area (Å²) in [4.78, 5) is 0. The molecule has 0 aromatic rings. The van der Waals surface area contributed by atoms with Gasteiger partial charge in [0, 0.05) is 21.3 Å². The van der Waals surface area contributed by atoms with Gasteiger partial charge in [0.15, 0.2) is 5.85 Å². The third kappa shape index (κ3) is 10.8. The molecule has 0 aromatic carbocycles. The topological polar surface area (TPSA) is 80.3 Å². The van der Waals surface area contributed by atoms with E-state index >= 15 is 0 Å². The number of rotatable bonds is 15. The molecule has 0 radical (unpaired) electrons. The molecule has 0 fully saturated rings. The number of hydrogen-bond donors (Lipinski definition) is 0. The van der Waals surface area contributed by atoms with Crippen molar-refractivity contribution in [1.29, 1.82) is 0 Å². The Kier molecular flexibility index (Phi) is 15.6. The predicted molar refractivity (Wildman–Crippen MR) is 105 cm³/mol. The molecule has 13 heteroatoms. The number of alkyl halides is 4. The molecule has 1 atom stereocenters. The summed E-state index contributed by atoms with van der Waals surface area (Å²) in [5, 5.41) is 1.84. The summed E-state index contributed by atoms with van der Waals surface area (Å²) >= 11 is 12.7. The van der Waals surface area contributed by atoms with Crippen LogP contribution in [0.4, 0.5) is 0 Å². The monoisotopic (exact) mass is 630 g/mol. The second kappa shape index (κ2) is 14.3. The Balaban J connectivity index is 5.01. The minimum Gasteiger partial charge on any atom is -0.306 e. The molecule has 0 aliphatic heterocycles. The van der Waals surface area contributed by atoms with E-state index in [0.717, 1.165) is 0 Å². The smallest absolute Gasteiger partial charge is 0.306 e. The molecule has 0 amide bonds. The van der Waals surface area contributed by atoms with Crippen LogP contribution in [0.2, 0.25) is 0 Å². The summed E-state index contributed by atoms with van der Waals surface area (Å²) in [7, 11) is -7.53. The molecule has 0 aromatic heterocycles. The fourth-order valence-corrected chi connectivity index (χ4v) is 6.05. The van der Waals surface area contributed by atoms with Gasteiger partial charge in [-0.2, -0.15) is 0 Å². The highest BCUT2D eigenvalue weighted by atomic mass is 79.9.